The fourth-order valence-electron chi connectivity index (χ4n) is 1.58. The molecule has 3 N–H and O–H groups in total. The van der Waals surface area contributed by atoms with Gasteiger partial charge in [-0.05, 0) is 38.6 Å². The molecule has 1 rings (SSSR count). The van der Waals surface area contributed by atoms with E-state index in [1.165, 1.54) is 31.9 Å². The Balaban J connectivity index is 0.000000292. The van der Waals surface area contributed by atoms with Gasteiger partial charge >= 0.3 is 0 Å². The molecule has 0 unspecified atom stereocenters. The van der Waals surface area contributed by atoms with E-state index in [1.54, 1.807) is 0 Å². The fraction of sp³-hybridized carbons (Fsp3) is 0.800. The number of nitriles is 1. The van der Waals surface area contributed by atoms with Crippen molar-refractivity contribution >= 4 is 6.34 Å². The van der Waals surface area contributed by atoms with Crippen LogP contribution < -0.4 is 11.1 Å². The van der Waals surface area contributed by atoms with Crippen molar-refractivity contribution in [1.82, 2.24) is 5.32 Å². The molecule has 1 aliphatic carbocycles. The minimum absolute atomic E-state index is 0.821. The lowest BCUT2D eigenvalue weighted by Crippen LogP contribution is -2.29. The first-order valence-electron chi connectivity index (χ1n) is 5.04. The predicted octanol–water partition coefficient (Wildman–Crippen LogP) is 1.24. The SMILES string of the molecule is CNC1CCC(C)CC1.N#CN=CN. The molecule has 0 bridgehead atoms. The maximum absolute atomic E-state index is 7.54. The van der Waals surface area contributed by atoms with Crippen molar-refractivity contribution in [2.45, 2.75) is 38.6 Å². The summed E-state index contributed by atoms with van der Waals surface area (Å²) >= 11 is 0. The first kappa shape index (κ1) is 12.9. The molecule has 0 aromatic heterocycles. The van der Waals surface area contributed by atoms with Gasteiger partial charge in [-0.15, -0.1) is 0 Å². The Morgan fingerprint density at radius 1 is 1.43 bits per heavy atom. The Morgan fingerprint density at radius 3 is 2.29 bits per heavy atom. The van der Waals surface area contributed by atoms with Crippen molar-refractivity contribution in [3.63, 3.8) is 0 Å². The summed E-state index contributed by atoms with van der Waals surface area (Å²) < 4.78 is 0. The maximum Gasteiger partial charge on any atom is 0.207 e. The van der Waals surface area contributed by atoms with E-state index in [-0.39, 0.29) is 0 Å². The highest BCUT2D eigenvalue weighted by Crippen LogP contribution is 2.22. The normalized spacial score (nSPS) is 26.4. The summed E-state index contributed by atoms with van der Waals surface area (Å²) in [5.41, 5.74) is 4.62. The lowest BCUT2D eigenvalue weighted by Gasteiger charge is -2.25. The van der Waals surface area contributed by atoms with Gasteiger partial charge in [0.15, 0.2) is 0 Å². The second-order valence-electron chi connectivity index (χ2n) is 3.62. The van der Waals surface area contributed by atoms with Gasteiger partial charge in [0, 0.05) is 6.04 Å². The highest BCUT2D eigenvalue weighted by Gasteiger charge is 2.15. The average Bonchev–Trinajstić information content (AvgIpc) is 2.21. The molecular formula is C10H20N4. The standard InChI is InChI=1S/C8H17N.C2H3N3/c1-7-3-5-8(9-2)6-4-7;3-1-5-2-4/h7-9H,3-6H2,1-2H3;1H,(H2,3,5). The van der Waals surface area contributed by atoms with Crippen molar-refractivity contribution in [3.8, 4) is 6.19 Å². The molecular weight excluding hydrogens is 176 g/mol. The highest BCUT2D eigenvalue weighted by atomic mass is 14.9. The molecule has 1 aliphatic rings. The molecule has 0 radical (unpaired) electrons. The summed E-state index contributed by atoms with van der Waals surface area (Å²) in [6.45, 7) is 2.35. The summed E-state index contributed by atoms with van der Waals surface area (Å²) in [6.07, 6.45) is 8.02. The Bertz CT molecular complexity index is 187. The number of nitrogens with zero attached hydrogens (tertiary/aromatic N) is 2. The lowest BCUT2D eigenvalue weighted by molar-refractivity contribution is 0.319. The van der Waals surface area contributed by atoms with Crippen LogP contribution in [0.25, 0.3) is 0 Å². The van der Waals surface area contributed by atoms with Gasteiger partial charge in [-0.3, -0.25) is 0 Å². The Labute approximate surface area is 86.2 Å². The van der Waals surface area contributed by atoms with Crippen LogP contribution in [0.3, 0.4) is 0 Å². The molecule has 80 valence electrons. The zero-order valence-electron chi connectivity index (χ0n) is 9.03. The van der Waals surface area contributed by atoms with Gasteiger partial charge in [0.2, 0.25) is 6.19 Å². The number of nitrogens with one attached hydrogen (secondary N) is 1. The van der Waals surface area contributed by atoms with E-state index in [4.69, 9.17) is 5.26 Å². The van der Waals surface area contributed by atoms with Crippen LogP contribution in [0.1, 0.15) is 32.6 Å². The minimum Gasteiger partial charge on any atom is -0.389 e. The zero-order chi connectivity index (χ0) is 10.8. The topological polar surface area (TPSA) is 74.2 Å². The summed E-state index contributed by atoms with van der Waals surface area (Å²) in [5.74, 6) is 0.981. The van der Waals surface area contributed by atoms with E-state index in [0.29, 0.717) is 0 Å². The Kier molecular flexibility index (Phi) is 7.86. The van der Waals surface area contributed by atoms with Crippen molar-refractivity contribution < 1.29 is 0 Å². The van der Waals surface area contributed by atoms with Gasteiger partial charge in [-0.1, -0.05) is 6.92 Å². The van der Waals surface area contributed by atoms with Crippen LogP contribution in [0.5, 0.6) is 0 Å². The summed E-state index contributed by atoms with van der Waals surface area (Å²) in [5, 5.41) is 10.9. The van der Waals surface area contributed by atoms with Gasteiger partial charge in [0.05, 0.1) is 6.34 Å². The monoisotopic (exact) mass is 196 g/mol. The van der Waals surface area contributed by atoms with Crippen molar-refractivity contribution in [2.24, 2.45) is 16.6 Å². The summed E-state index contributed by atoms with van der Waals surface area (Å²) in [4.78, 5) is 2.93. The van der Waals surface area contributed by atoms with Crippen LogP contribution in [-0.4, -0.2) is 19.4 Å². The first-order chi connectivity index (χ1) is 6.74. The summed E-state index contributed by atoms with van der Waals surface area (Å²) in [7, 11) is 2.07. The average molecular weight is 196 g/mol. The van der Waals surface area contributed by atoms with Crippen LogP contribution >= 0.6 is 0 Å². The van der Waals surface area contributed by atoms with E-state index >= 15 is 0 Å². The third-order valence-corrected chi connectivity index (χ3v) is 2.56. The molecule has 0 saturated heterocycles. The first-order valence-corrected chi connectivity index (χ1v) is 5.04. The Morgan fingerprint density at radius 2 is 2.00 bits per heavy atom. The van der Waals surface area contributed by atoms with Crippen molar-refractivity contribution in [2.75, 3.05) is 7.05 Å². The fourth-order valence-corrected chi connectivity index (χ4v) is 1.58. The maximum atomic E-state index is 7.54. The van der Waals surface area contributed by atoms with Crippen LogP contribution in [0.2, 0.25) is 0 Å². The second-order valence-corrected chi connectivity index (χ2v) is 3.62. The molecule has 1 fully saturated rings. The van der Waals surface area contributed by atoms with Gasteiger partial charge in [0.1, 0.15) is 0 Å². The quantitative estimate of drug-likeness (QED) is 0.376. The van der Waals surface area contributed by atoms with Crippen LogP contribution in [-0.2, 0) is 0 Å². The molecule has 0 atom stereocenters. The number of rotatable bonds is 1. The van der Waals surface area contributed by atoms with Gasteiger partial charge in [0.25, 0.3) is 0 Å². The second kappa shape index (κ2) is 8.52. The van der Waals surface area contributed by atoms with Crippen LogP contribution in [0.4, 0.5) is 0 Å². The number of aliphatic imine (C=N–C) groups is 1. The largest absolute Gasteiger partial charge is 0.389 e. The predicted molar refractivity (Wildman–Crippen MR) is 58.8 cm³/mol. The third-order valence-electron chi connectivity index (χ3n) is 2.56. The van der Waals surface area contributed by atoms with E-state index < -0.39 is 0 Å². The zero-order valence-corrected chi connectivity index (χ0v) is 9.03. The minimum atomic E-state index is 0.821. The van der Waals surface area contributed by atoms with Crippen molar-refractivity contribution in [1.29, 1.82) is 5.26 Å². The van der Waals surface area contributed by atoms with E-state index in [0.717, 1.165) is 18.3 Å². The van der Waals surface area contributed by atoms with E-state index in [2.05, 4.69) is 30.0 Å². The smallest absolute Gasteiger partial charge is 0.207 e. The molecule has 14 heavy (non-hydrogen) atoms. The van der Waals surface area contributed by atoms with Crippen LogP contribution in [0, 0.1) is 17.4 Å². The van der Waals surface area contributed by atoms with E-state index in [1.807, 2.05) is 0 Å². The highest BCUT2D eigenvalue weighted by molar-refractivity contribution is 5.52. The third kappa shape index (κ3) is 6.44. The molecule has 0 aromatic rings. The molecule has 0 aromatic carbocycles. The Hall–Kier alpha value is -1.08. The van der Waals surface area contributed by atoms with Gasteiger partial charge in [-0.25, -0.2) is 0 Å². The number of nitrogens with two attached hydrogens (primary N) is 1. The lowest BCUT2D eigenvalue weighted by atomic mass is 9.87. The molecule has 0 aliphatic heterocycles. The molecule has 0 heterocycles. The van der Waals surface area contributed by atoms with Gasteiger partial charge in [-0.2, -0.15) is 10.3 Å². The van der Waals surface area contributed by atoms with E-state index in [9.17, 15) is 0 Å². The van der Waals surface area contributed by atoms with Crippen molar-refractivity contribution in [3.05, 3.63) is 0 Å². The van der Waals surface area contributed by atoms with Gasteiger partial charge < -0.3 is 11.1 Å². The molecule has 0 spiro atoms. The molecule has 1 saturated carbocycles. The number of hydrogen-bond acceptors (Lipinski definition) is 3. The number of hydrogen-bond donors (Lipinski definition) is 2. The molecule has 4 heteroatoms. The molecule has 0 amide bonds. The molecule has 4 nitrogen and oxygen atoms in total. The summed E-state index contributed by atoms with van der Waals surface area (Å²) in [6, 6.07) is 0.821. The van der Waals surface area contributed by atoms with Crippen LogP contribution in [0.15, 0.2) is 4.99 Å².